The van der Waals surface area contributed by atoms with Crippen LogP contribution in [-0.4, -0.2) is 31.3 Å². The number of carbonyl (C=O) groups is 3. The van der Waals surface area contributed by atoms with Gasteiger partial charge in [-0.2, -0.15) is 0 Å². The third-order valence-electron chi connectivity index (χ3n) is 5.08. The van der Waals surface area contributed by atoms with Gasteiger partial charge in [-0.25, -0.2) is 4.39 Å². The zero-order valence-corrected chi connectivity index (χ0v) is 16.9. The molecule has 3 aromatic carbocycles. The van der Waals surface area contributed by atoms with E-state index >= 15 is 0 Å². The lowest BCUT2D eigenvalue weighted by atomic mass is 10.0. The van der Waals surface area contributed by atoms with Crippen molar-refractivity contribution >= 4 is 29.0 Å². The lowest BCUT2D eigenvalue weighted by Crippen LogP contribution is -2.42. The third-order valence-corrected chi connectivity index (χ3v) is 5.08. The number of halogens is 1. The summed E-state index contributed by atoms with van der Waals surface area (Å²) in [7, 11) is 1.49. The maximum Gasteiger partial charge on any atom is 0.258 e. The average Bonchev–Trinajstić information content (AvgIpc) is 2.77. The largest absolute Gasteiger partial charge is 0.497 e. The van der Waals surface area contributed by atoms with Crippen LogP contribution in [0.25, 0.3) is 11.1 Å². The van der Waals surface area contributed by atoms with Crippen LogP contribution in [0.5, 0.6) is 5.75 Å². The van der Waals surface area contributed by atoms with E-state index in [4.69, 9.17) is 4.74 Å². The third kappa shape index (κ3) is 4.02. The molecule has 0 aromatic heterocycles. The van der Waals surface area contributed by atoms with Crippen molar-refractivity contribution in [2.45, 2.75) is 6.92 Å². The van der Waals surface area contributed by atoms with Crippen LogP contribution in [-0.2, 0) is 4.79 Å². The maximum atomic E-state index is 13.4. The molecule has 0 saturated heterocycles. The molecule has 0 radical (unpaired) electrons. The number of ketones is 1. The molecule has 0 atom stereocenters. The second-order valence-corrected chi connectivity index (χ2v) is 7.18. The van der Waals surface area contributed by atoms with Crippen LogP contribution in [0.15, 0.2) is 60.7 Å². The number of hydrogen-bond donors (Lipinski definition) is 1. The van der Waals surface area contributed by atoms with Gasteiger partial charge >= 0.3 is 0 Å². The standard InChI is InChI=1S/C24H19FN2O4/c1-14(28)16-5-8-22-21(12-16)26-23(29)13-27(22)24(30)18-9-17(10-20(11-18)31-2)15-3-6-19(25)7-4-15/h3-12H,13H2,1-2H3,(H,26,29). The molecule has 0 saturated carbocycles. The number of methoxy groups -OCH3 is 1. The molecule has 1 aliphatic rings. The normalized spacial score (nSPS) is 12.7. The summed E-state index contributed by atoms with van der Waals surface area (Å²) in [4.78, 5) is 38.7. The van der Waals surface area contributed by atoms with Crippen LogP contribution < -0.4 is 15.0 Å². The first-order valence-corrected chi connectivity index (χ1v) is 9.57. The van der Waals surface area contributed by atoms with Crippen molar-refractivity contribution in [2.24, 2.45) is 0 Å². The van der Waals surface area contributed by atoms with Crippen molar-refractivity contribution in [1.82, 2.24) is 0 Å². The molecule has 31 heavy (non-hydrogen) atoms. The summed E-state index contributed by atoms with van der Waals surface area (Å²) >= 11 is 0. The minimum absolute atomic E-state index is 0.141. The van der Waals surface area contributed by atoms with Crippen LogP contribution in [0.4, 0.5) is 15.8 Å². The van der Waals surface area contributed by atoms with Gasteiger partial charge in [0.1, 0.15) is 18.1 Å². The van der Waals surface area contributed by atoms with E-state index in [0.717, 1.165) is 5.56 Å². The molecule has 1 aliphatic heterocycles. The smallest absolute Gasteiger partial charge is 0.258 e. The van der Waals surface area contributed by atoms with Crippen molar-refractivity contribution in [3.8, 4) is 16.9 Å². The van der Waals surface area contributed by atoms with E-state index in [1.165, 1.54) is 31.1 Å². The highest BCUT2D eigenvalue weighted by atomic mass is 19.1. The Hall–Kier alpha value is -4.00. The Morgan fingerprint density at radius 3 is 2.39 bits per heavy atom. The summed E-state index contributed by atoms with van der Waals surface area (Å²) in [6, 6.07) is 15.8. The van der Waals surface area contributed by atoms with Crippen molar-refractivity contribution in [1.29, 1.82) is 0 Å². The number of Topliss-reactive ketones (excluding diaryl/α,β-unsaturated/α-hetero) is 1. The van der Waals surface area contributed by atoms with Gasteiger partial charge in [-0.3, -0.25) is 19.3 Å². The topological polar surface area (TPSA) is 75.7 Å². The summed E-state index contributed by atoms with van der Waals surface area (Å²) in [6.07, 6.45) is 0. The van der Waals surface area contributed by atoms with Gasteiger partial charge in [0.05, 0.1) is 18.5 Å². The van der Waals surface area contributed by atoms with Crippen molar-refractivity contribution in [3.05, 3.63) is 77.6 Å². The molecule has 156 valence electrons. The number of carbonyl (C=O) groups excluding carboxylic acids is 3. The van der Waals surface area contributed by atoms with Gasteiger partial charge < -0.3 is 10.1 Å². The number of amides is 2. The number of anilines is 2. The molecule has 6 nitrogen and oxygen atoms in total. The van der Waals surface area contributed by atoms with Gasteiger partial charge in [-0.05, 0) is 66.6 Å². The van der Waals surface area contributed by atoms with Crippen LogP contribution in [0, 0.1) is 5.82 Å². The molecule has 0 bridgehead atoms. The molecule has 0 unspecified atom stereocenters. The highest BCUT2D eigenvalue weighted by Gasteiger charge is 2.28. The first-order valence-electron chi connectivity index (χ1n) is 9.57. The Morgan fingerprint density at radius 2 is 1.71 bits per heavy atom. The van der Waals surface area contributed by atoms with E-state index in [0.29, 0.717) is 33.8 Å². The van der Waals surface area contributed by atoms with E-state index in [2.05, 4.69) is 5.32 Å². The van der Waals surface area contributed by atoms with Crippen molar-refractivity contribution in [3.63, 3.8) is 0 Å². The van der Waals surface area contributed by atoms with Gasteiger partial charge in [0, 0.05) is 11.1 Å². The van der Waals surface area contributed by atoms with E-state index in [1.54, 1.807) is 48.5 Å². The van der Waals surface area contributed by atoms with Gasteiger partial charge in [-0.1, -0.05) is 12.1 Å². The predicted octanol–water partition coefficient (Wildman–Crippen LogP) is 4.30. The van der Waals surface area contributed by atoms with Gasteiger partial charge in [-0.15, -0.1) is 0 Å². The average molecular weight is 418 g/mol. The fourth-order valence-electron chi connectivity index (χ4n) is 3.50. The second kappa shape index (κ2) is 8.02. The fraction of sp³-hybridized carbons (Fsp3) is 0.125. The highest BCUT2D eigenvalue weighted by molar-refractivity contribution is 6.16. The number of benzene rings is 3. The number of hydrogen-bond acceptors (Lipinski definition) is 4. The van der Waals surface area contributed by atoms with Gasteiger partial charge in [0.25, 0.3) is 5.91 Å². The monoisotopic (exact) mass is 418 g/mol. The number of nitrogens with zero attached hydrogens (tertiary/aromatic N) is 1. The lowest BCUT2D eigenvalue weighted by Gasteiger charge is -2.29. The summed E-state index contributed by atoms with van der Waals surface area (Å²) < 4.78 is 18.7. The Kier molecular flexibility index (Phi) is 5.25. The van der Waals surface area contributed by atoms with Crippen LogP contribution in [0.1, 0.15) is 27.6 Å². The molecule has 2 amide bonds. The molecular weight excluding hydrogens is 399 g/mol. The summed E-state index contributed by atoms with van der Waals surface area (Å²) in [6.45, 7) is 1.27. The Bertz CT molecular complexity index is 1200. The number of nitrogens with one attached hydrogen (secondary N) is 1. The fourth-order valence-corrected chi connectivity index (χ4v) is 3.50. The zero-order chi connectivity index (χ0) is 22.1. The molecule has 1 heterocycles. The molecule has 0 spiro atoms. The molecule has 0 fully saturated rings. The maximum absolute atomic E-state index is 13.4. The molecule has 1 N–H and O–H groups in total. The van der Waals surface area contributed by atoms with Crippen LogP contribution >= 0.6 is 0 Å². The number of fused-ring (bicyclic) bond motifs is 1. The molecule has 3 aromatic rings. The van der Waals surface area contributed by atoms with E-state index in [9.17, 15) is 18.8 Å². The first kappa shape index (κ1) is 20.3. The molecule has 4 rings (SSSR count). The number of ether oxygens (including phenoxy) is 1. The molecular formula is C24H19FN2O4. The number of rotatable bonds is 4. The van der Waals surface area contributed by atoms with E-state index < -0.39 is 5.91 Å². The van der Waals surface area contributed by atoms with E-state index in [-0.39, 0.29) is 24.1 Å². The zero-order valence-electron chi connectivity index (χ0n) is 16.9. The summed E-state index contributed by atoms with van der Waals surface area (Å²) in [5.74, 6) is -0.794. The van der Waals surface area contributed by atoms with E-state index in [1.807, 2.05) is 0 Å². The van der Waals surface area contributed by atoms with Gasteiger partial charge in [0.15, 0.2) is 5.78 Å². The first-order chi connectivity index (χ1) is 14.9. The summed E-state index contributed by atoms with van der Waals surface area (Å²) in [5.41, 5.74) is 3.05. The Morgan fingerprint density at radius 1 is 0.968 bits per heavy atom. The highest BCUT2D eigenvalue weighted by Crippen LogP contribution is 2.33. The predicted molar refractivity (Wildman–Crippen MR) is 115 cm³/mol. The SMILES string of the molecule is COc1cc(C(=O)N2CC(=O)Nc3cc(C(C)=O)ccc32)cc(-c2ccc(F)cc2)c1. The van der Waals surface area contributed by atoms with Crippen LogP contribution in [0.3, 0.4) is 0 Å². The Balaban J connectivity index is 1.76. The molecule has 7 heteroatoms. The minimum Gasteiger partial charge on any atom is -0.497 e. The summed E-state index contributed by atoms with van der Waals surface area (Å²) in [5, 5.41) is 2.71. The Labute approximate surface area is 178 Å². The quantitative estimate of drug-likeness (QED) is 0.641. The lowest BCUT2D eigenvalue weighted by molar-refractivity contribution is -0.115. The minimum atomic E-state index is -0.395. The second-order valence-electron chi connectivity index (χ2n) is 7.18. The van der Waals surface area contributed by atoms with Crippen molar-refractivity contribution < 1.29 is 23.5 Å². The molecule has 0 aliphatic carbocycles. The van der Waals surface area contributed by atoms with Crippen LogP contribution in [0.2, 0.25) is 0 Å². The van der Waals surface area contributed by atoms with Crippen molar-refractivity contribution in [2.75, 3.05) is 23.9 Å². The van der Waals surface area contributed by atoms with Gasteiger partial charge in [0.2, 0.25) is 5.91 Å².